The third-order valence-electron chi connectivity index (χ3n) is 9.35. The van der Waals surface area contributed by atoms with E-state index in [0.29, 0.717) is 0 Å². The molecule has 0 N–H and O–H groups in total. The van der Waals surface area contributed by atoms with E-state index in [0.717, 1.165) is 6.54 Å². The van der Waals surface area contributed by atoms with Crippen LogP contribution >= 0.6 is 0 Å². The van der Waals surface area contributed by atoms with Gasteiger partial charge in [0.05, 0.1) is 0 Å². The smallest absolute Gasteiger partial charge is 0.0481 e. The first-order valence-corrected chi connectivity index (χ1v) is 16.1. The second-order valence-corrected chi connectivity index (χ2v) is 12.3. The zero-order chi connectivity index (χ0) is 31.0. The Morgan fingerprint density at radius 3 is 1.59 bits per heavy atom. The van der Waals surface area contributed by atoms with E-state index in [1.807, 2.05) is 0 Å². The highest BCUT2D eigenvalue weighted by atomic mass is 15.1. The second kappa shape index (κ2) is 11.7. The number of anilines is 2. The van der Waals surface area contributed by atoms with Crippen LogP contribution in [0.3, 0.4) is 0 Å². The van der Waals surface area contributed by atoms with E-state index >= 15 is 0 Å². The van der Waals surface area contributed by atoms with Crippen molar-refractivity contribution in [2.24, 2.45) is 0 Å². The number of para-hydroxylation sites is 1. The van der Waals surface area contributed by atoms with Crippen molar-refractivity contribution in [2.45, 2.75) is 20.4 Å². The number of benzene rings is 8. The van der Waals surface area contributed by atoms with Gasteiger partial charge in [0.2, 0.25) is 0 Å². The molecule has 1 heteroatoms. The van der Waals surface area contributed by atoms with Crippen molar-refractivity contribution in [3.63, 3.8) is 0 Å². The van der Waals surface area contributed by atoms with Gasteiger partial charge in [0, 0.05) is 17.9 Å². The molecule has 0 unspecified atom stereocenters. The Bertz CT molecular complexity index is 2290. The van der Waals surface area contributed by atoms with Gasteiger partial charge in [0.1, 0.15) is 0 Å². The molecule has 0 spiro atoms. The minimum Gasteiger partial charge on any atom is -0.337 e. The molecule has 0 heterocycles. The van der Waals surface area contributed by atoms with Gasteiger partial charge in [-0.05, 0) is 109 Å². The lowest BCUT2D eigenvalue weighted by Crippen LogP contribution is -2.17. The molecule has 0 bridgehead atoms. The summed E-state index contributed by atoms with van der Waals surface area (Å²) in [5.41, 5.74) is 11.4. The van der Waals surface area contributed by atoms with Crippen LogP contribution in [0.15, 0.2) is 164 Å². The summed E-state index contributed by atoms with van der Waals surface area (Å²) in [4.78, 5) is 2.43. The van der Waals surface area contributed by atoms with Crippen LogP contribution in [0, 0.1) is 13.8 Å². The van der Waals surface area contributed by atoms with Crippen LogP contribution < -0.4 is 4.90 Å². The van der Waals surface area contributed by atoms with Crippen molar-refractivity contribution in [2.75, 3.05) is 4.90 Å². The first-order valence-electron chi connectivity index (χ1n) is 16.1. The van der Waals surface area contributed by atoms with Gasteiger partial charge in [-0.1, -0.05) is 140 Å². The van der Waals surface area contributed by atoms with E-state index < -0.39 is 0 Å². The van der Waals surface area contributed by atoms with Crippen molar-refractivity contribution >= 4 is 43.7 Å². The van der Waals surface area contributed by atoms with Gasteiger partial charge in [-0.3, -0.25) is 0 Å². The Kier molecular flexibility index (Phi) is 7.08. The predicted octanol–water partition coefficient (Wildman–Crippen LogP) is 12.4. The van der Waals surface area contributed by atoms with Gasteiger partial charge in [0.15, 0.2) is 0 Å². The Morgan fingerprint density at radius 2 is 0.957 bits per heavy atom. The molecule has 8 aromatic carbocycles. The molecule has 0 aromatic heterocycles. The predicted molar refractivity (Wildman–Crippen MR) is 198 cm³/mol. The highest BCUT2D eigenvalue weighted by Crippen LogP contribution is 2.45. The average molecular weight is 590 g/mol. The van der Waals surface area contributed by atoms with Crippen LogP contribution in [0.2, 0.25) is 0 Å². The van der Waals surface area contributed by atoms with E-state index in [1.165, 1.54) is 82.6 Å². The van der Waals surface area contributed by atoms with E-state index in [2.05, 4.69) is 183 Å². The molecule has 0 saturated carbocycles. The monoisotopic (exact) mass is 589 g/mol. The summed E-state index contributed by atoms with van der Waals surface area (Å²) in [6.07, 6.45) is 0. The number of fused-ring (bicyclic) bond motifs is 3. The molecular formula is C45H35N. The van der Waals surface area contributed by atoms with E-state index in [4.69, 9.17) is 0 Å². The third-order valence-corrected chi connectivity index (χ3v) is 9.35. The average Bonchev–Trinajstić information content (AvgIpc) is 3.10. The van der Waals surface area contributed by atoms with E-state index in [9.17, 15) is 0 Å². The molecular weight excluding hydrogens is 555 g/mol. The summed E-state index contributed by atoms with van der Waals surface area (Å²) >= 11 is 0. The lowest BCUT2D eigenvalue weighted by molar-refractivity contribution is 0.969. The molecule has 46 heavy (non-hydrogen) atoms. The summed E-state index contributed by atoms with van der Waals surface area (Å²) in [6, 6.07) is 59.8. The molecule has 0 radical (unpaired) electrons. The fourth-order valence-electron chi connectivity index (χ4n) is 7.11. The molecule has 0 aliphatic rings. The van der Waals surface area contributed by atoms with Crippen LogP contribution in [-0.4, -0.2) is 0 Å². The maximum Gasteiger partial charge on any atom is 0.0481 e. The quantitative estimate of drug-likeness (QED) is 0.174. The fraction of sp³-hybridized carbons (Fsp3) is 0.0667. The minimum atomic E-state index is 0.802. The Morgan fingerprint density at radius 1 is 0.435 bits per heavy atom. The number of hydrogen-bond donors (Lipinski definition) is 0. The zero-order valence-corrected chi connectivity index (χ0v) is 26.2. The van der Waals surface area contributed by atoms with Gasteiger partial charge in [-0.25, -0.2) is 0 Å². The molecule has 8 aromatic rings. The molecule has 1 nitrogen and oxygen atoms in total. The van der Waals surface area contributed by atoms with Gasteiger partial charge in [-0.15, -0.1) is 0 Å². The van der Waals surface area contributed by atoms with E-state index in [1.54, 1.807) is 0 Å². The van der Waals surface area contributed by atoms with E-state index in [-0.39, 0.29) is 0 Å². The van der Waals surface area contributed by atoms with Crippen LogP contribution in [0.4, 0.5) is 11.4 Å². The summed E-state index contributed by atoms with van der Waals surface area (Å²) in [6.45, 7) is 5.24. The molecule has 220 valence electrons. The third kappa shape index (κ3) is 4.91. The number of hydrogen-bond acceptors (Lipinski definition) is 1. The Labute approximate surface area is 271 Å². The van der Waals surface area contributed by atoms with Crippen LogP contribution in [0.1, 0.15) is 16.7 Å². The number of rotatable bonds is 6. The summed E-state index contributed by atoms with van der Waals surface area (Å²) in [7, 11) is 0. The molecule has 0 amide bonds. The summed E-state index contributed by atoms with van der Waals surface area (Å²) in [5.74, 6) is 0. The van der Waals surface area contributed by atoms with Crippen molar-refractivity contribution in [3.05, 3.63) is 180 Å². The SMILES string of the molecule is Cc1cc2ccccc2cc1-c1c2ccccc2c(-c2ccc(N(Cc3ccccc3)c3ccccc3C)cc2)c2ccccc12. The van der Waals surface area contributed by atoms with Crippen molar-refractivity contribution in [1.82, 2.24) is 0 Å². The topological polar surface area (TPSA) is 3.24 Å². The Hall–Kier alpha value is -5.66. The van der Waals surface area contributed by atoms with Crippen molar-refractivity contribution in [3.8, 4) is 22.3 Å². The van der Waals surface area contributed by atoms with Gasteiger partial charge >= 0.3 is 0 Å². The highest BCUT2D eigenvalue weighted by Gasteiger charge is 2.19. The maximum absolute atomic E-state index is 2.43. The molecule has 8 rings (SSSR count). The van der Waals surface area contributed by atoms with Crippen molar-refractivity contribution in [1.29, 1.82) is 0 Å². The number of nitrogens with zero attached hydrogens (tertiary/aromatic N) is 1. The molecule has 0 fully saturated rings. The van der Waals surface area contributed by atoms with Crippen LogP contribution in [0.25, 0.3) is 54.6 Å². The van der Waals surface area contributed by atoms with Gasteiger partial charge < -0.3 is 4.90 Å². The van der Waals surface area contributed by atoms with Crippen molar-refractivity contribution < 1.29 is 0 Å². The molecule has 0 aliphatic heterocycles. The number of aryl methyl sites for hydroxylation is 2. The highest BCUT2D eigenvalue weighted by molar-refractivity contribution is 6.22. The normalized spacial score (nSPS) is 11.3. The standard InChI is InChI=1S/C45H35N/c1-31-14-6-13-23-43(31)46(30-33-15-4-3-5-16-33)37-26-24-34(25-27-37)44-38-19-9-11-21-40(38)45(41-22-12-10-20-39(41)44)42-29-36-18-8-7-17-35(36)28-32(42)2/h3-29H,30H2,1-2H3. The molecule has 0 atom stereocenters. The maximum atomic E-state index is 2.43. The minimum absolute atomic E-state index is 0.802. The summed E-state index contributed by atoms with van der Waals surface area (Å²) < 4.78 is 0. The van der Waals surface area contributed by atoms with Crippen LogP contribution in [-0.2, 0) is 6.54 Å². The zero-order valence-electron chi connectivity index (χ0n) is 26.2. The first kappa shape index (κ1) is 27.9. The molecule has 0 aliphatic carbocycles. The first-order chi connectivity index (χ1) is 22.7. The lowest BCUT2D eigenvalue weighted by atomic mass is 9.84. The van der Waals surface area contributed by atoms with Gasteiger partial charge in [-0.2, -0.15) is 0 Å². The van der Waals surface area contributed by atoms with Crippen LogP contribution in [0.5, 0.6) is 0 Å². The lowest BCUT2D eigenvalue weighted by Gasteiger charge is -2.27. The summed E-state index contributed by atoms with van der Waals surface area (Å²) in [5, 5.41) is 7.66. The Balaban J connectivity index is 1.31. The molecule has 0 saturated heterocycles. The van der Waals surface area contributed by atoms with Gasteiger partial charge in [0.25, 0.3) is 0 Å². The fourth-order valence-corrected chi connectivity index (χ4v) is 7.11. The second-order valence-electron chi connectivity index (χ2n) is 12.3. The largest absolute Gasteiger partial charge is 0.337 e.